The summed E-state index contributed by atoms with van der Waals surface area (Å²) in [5.41, 5.74) is 0.603. The van der Waals surface area contributed by atoms with Crippen molar-refractivity contribution in [3.05, 3.63) is 64.1 Å². The van der Waals surface area contributed by atoms with Crippen LogP contribution in [0.2, 0.25) is 0 Å². The monoisotopic (exact) mass is 531 g/mol. The van der Waals surface area contributed by atoms with E-state index in [1.54, 1.807) is 24.3 Å². The van der Waals surface area contributed by atoms with Gasteiger partial charge >= 0.3 is 12.1 Å². The summed E-state index contributed by atoms with van der Waals surface area (Å²) in [6, 6.07) is 10.7. The van der Waals surface area contributed by atoms with Crippen LogP contribution in [-0.2, 0) is 20.9 Å². The number of benzene rings is 2. The average molecular weight is 532 g/mol. The summed E-state index contributed by atoms with van der Waals surface area (Å²) in [5, 5.41) is 20.8. The lowest BCUT2D eigenvalue weighted by atomic mass is 9.88. The van der Waals surface area contributed by atoms with Crippen molar-refractivity contribution < 1.29 is 29.3 Å². The first kappa shape index (κ1) is 27.2. The highest BCUT2D eigenvalue weighted by molar-refractivity contribution is 9.10. The maximum Gasteiger partial charge on any atom is 0.408 e. The molecule has 0 radical (unpaired) electrons. The zero-order valence-corrected chi connectivity index (χ0v) is 20.7. The van der Waals surface area contributed by atoms with E-state index < -0.39 is 18.1 Å². The first-order valence-corrected chi connectivity index (χ1v) is 12.1. The highest BCUT2D eigenvalue weighted by Gasteiger charge is 2.27. The molecule has 0 heterocycles. The van der Waals surface area contributed by atoms with Gasteiger partial charge in [-0.05, 0) is 29.7 Å². The first-order valence-electron chi connectivity index (χ1n) is 11.3. The predicted octanol–water partition coefficient (Wildman–Crippen LogP) is 5.73. The van der Waals surface area contributed by atoms with Gasteiger partial charge in [0.1, 0.15) is 18.3 Å². The maximum absolute atomic E-state index is 12.0. The van der Waals surface area contributed by atoms with Crippen LogP contribution in [-0.4, -0.2) is 34.3 Å². The van der Waals surface area contributed by atoms with Crippen molar-refractivity contribution in [2.24, 2.45) is 5.92 Å². The summed E-state index contributed by atoms with van der Waals surface area (Å²) in [7, 11) is 0. The lowest BCUT2D eigenvalue weighted by Crippen LogP contribution is -2.42. The third kappa shape index (κ3) is 8.69. The molecule has 182 valence electrons. The number of aliphatic carboxylic acids is 1. The molecule has 1 saturated carbocycles. The Bertz CT molecular complexity index is 995. The van der Waals surface area contributed by atoms with E-state index in [0.717, 1.165) is 10.4 Å². The molecule has 0 bridgehead atoms. The van der Waals surface area contributed by atoms with Crippen molar-refractivity contribution in [2.75, 3.05) is 0 Å². The number of nitrogens with one attached hydrogen (secondary N) is 1. The SMILES string of the molecule is CCC1CCCCC1.O=C=C(c1ccc(O)cc1)[C@H](NC(=O)OCc1ccccc1Br)C(=O)O. The minimum Gasteiger partial charge on any atom is -0.508 e. The second kappa shape index (κ2) is 14.2. The second-order valence-electron chi connectivity index (χ2n) is 8.06. The zero-order chi connectivity index (χ0) is 24.9. The molecule has 1 aliphatic rings. The summed E-state index contributed by atoms with van der Waals surface area (Å²) in [6.07, 6.45) is 7.93. The number of ether oxygens (including phenoxy) is 1. The van der Waals surface area contributed by atoms with Crippen LogP contribution in [0.5, 0.6) is 5.75 Å². The summed E-state index contributed by atoms with van der Waals surface area (Å²) < 4.78 is 5.75. The molecule has 2 aromatic carbocycles. The molecule has 1 fully saturated rings. The van der Waals surface area contributed by atoms with E-state index in [1.807, 2.05) is 0 Å². The Morgan fingerprint density at radius 1 is 1.12 bits per heavy atom. The molecule has 34 heavy (non-hydrogen) atoms. The van der Waals surface area contributed by atoms with Crippen molar-refractivity contribution in [1.29, 1.82) is 0 Å². The Kier molecular flexibility index (Phi) is 11.4. The van der Waals surface area contributed by atoms with Gasteiger partial charge in [-0.25, -0.2) is 14.4 Å². The fourth-order valence-corrected chi connectivity index (χ4v) is 4.10. The number of rotatable bonds is 7. The van der Waals surface area contributed by atoms with E-state index in [2.05, 4.69) is 28.2 Å². The van der Waals surface area contributed by atoms with Crippen LogP contribution in [0, 0.1) is 5.92 Å². The highest BCUT2D eigenvalue weighted by Crippen LogP contribution is 2.25. The first-order chi connectivity index (χ1) is 16.3. The number of carbonyl (C=O) groups excluding carboxylic acids is 2. The molecule has 1 amide bonds. The molecule has 3 N–H and O–H groups in total. The number of halogens is 1. The molecule has 0 saturated heterocycles. The molecule has 0 aliphatic heterocycles. The molecule has 1 aliphatic carbocycles. The number of aromatic hydroxyl groups is 1. The summed E-state index contributed by atoms with van der Waals surface area (Å²) in [6.45, 7) is 2.23. The zero-order valence-electron chi connectivity index (χ0n) is 19.1. The Morgan fingerprint density at radius 2 is 1.76 bits per heavy atom. The van der Waals surface area contributed by atoms with Crippen LogP contribution in [0.25, 0.3) is 5.57 Å². The van der Waals surface area contributed by atoms with Gasteiger partial charge in [-0.3, -0.25) is 0 Å². The molecule has 0 spiro atoms. The van der Waals surface area contributed by atoms with Crippen LogP contribution in [0.15, 0.2) is 53.0 Å². The van der Waals surface area contributed by atoms with Gasteiger partial charge in [0.25, 0.3) is 0 Å². The smallest absolute Gasteiger partial charge is 0.408 e. The molecule has 3 rings (SSSR count). The summed E-state index contributed by atoms with van der Waals surface area (Å²) in [4.78, 5) is 34.7. The van der Waals surface area contributed by atoms with Crippen molar-refractivity contribution in [1.82, 2.24) is 5.32 Å². The largest absolute Gasteiger partial charge is 0.508 e. The molecule has 8 heteroatoms. The van der Waals surface area contributed by atoms with Gasteiger partial charge in [-0.1, -0.05) is 91.7 Å². The number of hydrogen-bond acceptors (Lipinski definition) is 5. The molecule has 1 atom stereocenters. The quantitative estimate of drug-likeness (QED) is 0.393. The van der Waals surface area contributed by atoms with E-state index >= 15 is 0 Å². The van der Waals surface area contributed by atoms with Crippen LogP contribution in [0.3, 0.4) is 0 Å². The Morgan fingerprint density at radius 3 is 2.29 bits per heavy atom. The normalized spacial score (nSPS) is 14.1. The number of phenols is 1. The molecule has 0 unspecified atom stereocenters. The fraction of sp³-hybridized carbons (Fsp3) is 0.385. The molecule has 2 aromatic rings. The van der Waals surface area contributed by atoms with E-state index in [9.17, 15) is 24.6 Å². The van der Waals surface area contributed by atoms with Crippen molar-refractivity contribution in [2.45, 2.75) is 58.1 Å². The van der Waals surface area contributed by atoms with Gasteiger partial charge in [0.05, 0.1) is 5.57 Å². The minimum atomic E-state index is -1.65. The lowest BCUT2D eigenvalue weighted by Gasteiger charge is -2.18. The van der Waals surface area contributed by atoms with E-state index in [4.69, 9.17) is 4.74 Å². The number of carboxylic acid groups (broad SMARTS) is 1. The Hall–Kier alpha value is -3.09. The standard InChI is InChI=1S/C18H14BrNO6.C8H16/c19-15-4-2-1-3-12(15)10-26-18(25)20-16(17(23)24)14(9-21)11-5-7-13(22)8-6-11;1-2-8-6-4-3-5-7-8/h1-8,16,22H,10H2,(H,20,25)(H,23,24);8H,2-7H2,1H3/t16-;/m0./s1. The number of alkyl carbamates (subject to hydrolysis) is 1. The summed E-state index contributed by atoms with van der Waals surface area (Å²) >= 11 is 3.31. The fourth-order valence-electron chi connectivity index (χ4n) is 3.70. The molecule has 7 nitrogen and oxygen atoms in total. The van der Waals surface area contributed by atoms with Crippen LogP contribution in [0.4, 0.5) is 4.79 Å². The van der Waals surface area contributed by atoms with Crippen LogP contribution >= 0.6 is 15.9 Å². The van der Waals surface area contributed by atoms with Gasteiger partial charge in [0.2, 0.25) is 0 Å². The van der Waals surface area contributed by atoms with Crippen LogP contribution < -0.4 is 5.32 Å². The van der Waals surface area contributed by atoms with Gasteiger partial charge in [-0.2, -0.15) is 0 Å². The predicted molar refractivity (Wildman–Crippen MR) is 133 cm³/mol. The highest BCUT2D eigenvalue weighted by atomic mass is 79.9. The molecular formula is C26H30BrNO6. The van der Waals surface area contributed by atoms with Gasteiger partial charge in [0, 0.05) is 10.0 Å². The van der Waals surface area contributed by atoms with E-state index in [0.29, 0.717) is 5.56 Å². The van der Waals surface area contributed by atoms with Crippen molar-refractivity contribution in [3.8, 4) is 5.75 Å². The number of amides is 1. The molecular weight excluding hydrogens is 502 g/mol. The topological polar surface area (TPSA) is 113 Å². The van der Waals surface area contributed by atoms with Gasteiger partial charge in [-0.15, -0.1) is 0 Å². The van der Waals surface area contributed by atoms with Crippen LogP contribution in [0.1, 0.15) is 56.6 Å². The average Bonchev–Trinajstić information content (AvgIpc) is 2.85. The van der Waals surface area contributed by atoms with E-state index in [1.165, 1.54) is 68.7 Å². The van der Waals surface area contributed by atoms with Crippen molar-refractivity contribution >= 4 is 39.5 Å². The Labute approximate surface area is 208 Å². The third-order valence-corrected chi connectivity index (χ3v) is 6.48. The summed E-state index contributed by atoms with van der Waals surface area (Å²) in [5.74, 6) is 1.12. The number of phenolic OH excluding ortho intramolecular Hbond substituents is 1. The second-order valence-corrected chi connectivity index (χ2v) is 8.91. The number of carbonyl (C=O) groups is 2. The lowest BCUT2D eigenvalue weighted by molar-refractivity contribution is -0.137. The third-order valence-electron chi connectivity index (χ3n) is 5.70. The minimum absolute atomic E-state index is 0.0494. The van der Waals surface area contributed by atoms with Gasteiger partial charge in [0.15, 0.2) is 6.04 Å². The van der Waals surface area contributed by atoms with E-state index in [-0.39, 0.29) is 23.5 Å². The number of hydrogen-bond donors (Lipinski definition) is 3. The Balaban J connectivity index is 0.000000430. The number of carboxylic acids is 1. The molecule has 0 aromatic heterocycles. The maximum atomic E-state index is 12.0. The van der Waals surface area contributed by atoms with Gasteiger partial charge < -0.3 is 20.3 Å². The van der Waals surface area contributed by atoms with Crippen molar-refractivity contribution in [3.63, 3.8) is 0 Å².